The van der Waals surface area contributed by atoms with Crippen molar-refractivity contribution in [3.63, 3.8) is 0 Å². The highest BCUT2D eigenvalue weighted by Gasteiger charge is 2.12. The van der Waals surface area contributed by atoms with Crippen molar-refractivity contribution in [2.75, 3.05) is 11.9 Å². The van der Waals surface area contributed by atoms with Crippen LogP contribution in [0.15, 0.2) is 64.6 Å². The molecule has 0 saturated carbocycles. The third kappa shape index (κ3) is 5.21. The van der Waals surface area contributed by atoms with E-state index in [-0.39, 0.29) is 17.7 Å². The molecule has 7 heteroatoms. The number of hydrogen-bond donors (Lipinski definition) is 2. The highest BCUT2D eigenvalue weighted by atomic mass is 32.1. The SMILES string of the molecule is CCN(Cc1cccs1)C(=O)NCc1ccc(NC(=O)c2ccco2)cc1. The number of hydrogen-bond acceptors (Lipinski definition) is 4. The molecule has 27 heavy (non-hydrogen) atoms. The summed E-state index contributed by atoms with van der Waals surface area (Å²) in [5, 5.41) is 7.70. The summed E-state index contributed by atoms with van der Waals surface area (Å²) in [5.41, 5.74) is 1.62. The molecule has 2 heterocycles. The predicted octanol–water partition coefficient (Wildman–Crippen LogP) is 4.33. The van der Waals surface area contributed by atoms with Crippen LogP contribution in [-0.4, -0.2) is 23.4 Å². The molecule has 140 valence electrons. The molecule has 0 spiro atoms. The molecule has 0 aliphatic heterocycles. The first-order chi connectivity index (χ1) is 13.2. The topological polar surface area (TPSA) is 74.6 Å². The zero-order valence-corrected chi connectivity index (χ0v) is 15.8. The van der Waals surface area contributed by atoms with Gasteiger partial charge in [0.15, 0.2) is 5.76 Å². The smallest absolute Gasteiger partial charge is 0.317 e. The number of rotatable bonds is 7. The molecule has 0 atom stereocenters. The number of amides is 3. The number of urea groups is 1. The van der Waals surface area contributed by atoms with E-state index in [0.717, 1.165) is 10.4 Å². The van der Waals surface area contributed by atoms with Gasteiger partial charge in [0.1, 0.15) is 0 Å². The van der Waals surface area contributed by atoms with E-state index in [0.29, 0.717) is 25.3 Å². The van der Waals surface area contributed by atoms with Gasteiger partial charge in [-0.2, -0.15) is 0 Å². The Morgan fingerprint density at radius 3 is 2.56 bits per heavy atom. The van der Waals surface area contributed by atoms with E-state index < -0.39 is 0 Å². The second-order valence-electron chi connectivity index (χ2n) is 5.88. The van der Waals surface area contributed by atoms with Crippen LogP contribution in [0.25, 0.3) is 0 Å². The van der Waals surface area contributed by atoms with Crippen molar-refractivity contribution in [2.24, 2.45) is 0 Å². The Balaban J connectivity index is 1.50. The third-order valence-corrected chi connectivity index (χ3v) is 4.86. The molecule has 6 nitrogen and oxygen atoms in total. The number of furan rings is 1. The van der Waals surface area contributed by atoms with Crippen molar-refractivity contribution in [3.8, 4) is 0 Å². The Kier molecular flexibility index (Phi) is 6.27. The maximum atomic E-state index is 12.4. The van der Waals surface area contributed by atoms with Crippen molar-refractivity contribution in [2.45, 2.75) is 20.0 Å². The standard InChI is InChI=1S/C20H21N3O3S/c1-2-23(14-17-5-4-12-27-17)20(25)21-13-15-7-9-16(10-8-15)22-19(24)18-6-3-11-26-18/h3-12H,2,13-14H2,1H3,(H,21,25)(H,22,24). The Labute approximate surface area is 161 Å². The molecule has 3 amide bonds. The number of thiophene rings is 1. The quantitative estimate of drug-likeness (QED) is 0.638. The molecule has 2 aromatic heterocycles. The molecular weight excluding hydrogens is 362 g/mol. The lowest BCUT2D eigenvalue weighted by molar-refractivity contribution is 0.0996. The van der Waals surface area contributed by atoms with Gasteiger partial charge in [-0.1, -0.05) is 18.2 Å². The lowest BCUT2D eigenvalue weighted by atomic mass is 10.2. The molecule has 0 bridgehead atoms. The van der Waals surface area contributed by atoms with Crippen LogP contribution in [0.4, 0.5) is 10.5 Å². The van der Waals surface area contributed by atoms with E-state index >= 15 is 0 Å². The summed E-state index contributed by atoms with van der Waals surface area (Å²) in [5.74, 6) is -0.0371. The lowest BCUT2D eigenvalue weighted by Gasteiger charge is -2.20. The zero-order valence-electron chi connectivity index (χ0n) is 15.0. The summed E-state index contributed by atoms with van der Waals surface area (Å²) in [6.07, 6.45) is 1.46. The summed E-state index contributed by atoms with van der Waals surface area (Å²) < 4.78 is 5.06. The maximum absolute atomic E-state index is 12.4. The second-order valence-corrected chi connectivity index (χ2v) is 6.91. The van der Waals surface area contributed by atoms with Crippen molar-refractivity contribution >= 4 is 29.0 Å². The summed E-state index contributed by atoms with van der Waals surface area (Å²) in [7, 11) is 0. The first-order valence-electron chi connectivity index (χ1n) is 8.64. The van der Waals surface area contributed by atoms with E-state index in [9.17, 15) is 9.59 Å². The predicted molar refractivity (Wildman–Crippen MR) is 106 cm³/mol. The Morgan fingerprint density at radius 2 is 1.93 bits per heavy atom. The molecule has 3 aromatic rings. The number of carbonyl (C=O) groups excluding carboxylic acids is 2. The highest BCUT2D eigenvalue weighted by molar-refractivity contribution is 7.09. The van der Waals surface area contributed by atoms with Gasteiger partial charge in [-0.3, -0.25) is 4.79 Å². The third-order valence-electron chi connectivity index (χ3n) is 4.00. The van der Waals surface area contributed by atoms with Crippen LogP contribution >= 0.6 is 11.3 Å². The molecule has 2 N–H and O–H groups in total. The Hall–Kier alpha value is -3.06. The van der Waals surface area contributed by atoms with Crippen molar-refractivity contribution in [1.82, 2.24) is 10.2 Å². The fraction of sp³-hybridized carbons (Fsp3) is 0.200. The molecule has 1 aromatic carbocycles. The van der Waals surface area contributed by atoms with Gasteiger partial charge in [-0.15, -0.1) is 11.3 Å². The van der Waals surface area contributed by atoms with Gasteiger partial charge in [0.2, 0.25) is 0 Å². The molecule has 0 unspecified atom stereocenters. The number of nitrogens with zero attached hydrogens (tertiary/aromatic N) is 1. The van der Waals surface area contributed by atoms with Gasteiger partial charge in [0.25, 0.3) is 5.91 Å². The van der Waals surface area contributed by atoms with Crippen LogP contribution in [0.3, 0.4) is 0 Å². The monoisotopic (exact) mass is 383 g/mol. The van der Waals surface area contributed by atoms with Gasteiger partial charge in [-0.05, 0) is 48.2 Å². The van der Waals surface area contributed by atoms with Gasteiger partial charge >= 0.3 is 6.03 Å². The van der Waals surface area contributed by atoms with E-state index in [4.69, 9.17) is 4.42 Å². The molecule has 0 aliphatic carbocycles. The number of carbonyl (C=O) groups is 2. The number of anilines is 1. The van der Waals surface area contributed by atoms with Crippen LogP contribution in [0.1, 0.15) is 27.9 Å². The zero-order chi connectivity index (χ0) is 19.1. The van der Waals surface area contributed by atoms with Crippen molar-refractivity contribution in [3.05, 3.63) is 76.4 Å². The summed E-state index contributed by atoms with van der Waals surface area (Å²) in [6.45, 7) is 3.63. The van der Waals surface area contributed by atoms with Crippen LogP contribution in [-0.2, 0) is 13.1 Å². The van der Waals surface area contributed by atoms with Crippen LogP contribution < -0.4 is 10.6 Å². The average Bonchev–Trinajstić information content (AvgIpc) is 3.39. The fourth-order valence-electron chi connectivity index (χ4n) is 2.51. The van der Waals surface area contributed by atoms with Crippen LogP contribution in [0.5, 0.6) is 0 Å². The summed E-state index contributed by atoms with van der Waals surface area (Å²) >= 11 is 1.64. The van der Waals surface area contributed by atoms with Crippen molar-refractivity contribution in [1.29, 1.82) is 0 Å². The summed E-state index contributed by atoms with van der Waals surface area (Å²) in [4.78, 5) is 27.2. The molecule has 0 fully saturated rings. The minimum atomic E-state index is -0.298. The largest absolute Gasteiger partial charge is 0.459 e. The minimum absolute atomic E-state index is 0.0962. The van der Waals surface area contributed by atoms with Gasteiger partial charge in [0, 0.05) is 23.7 Å². The normalized spacial score (nSPS) is 10.4. The second kappa shape index (κ2) is 9.05. The van der Waals surface area contributed by atoms with E-state index in [1.165, 1.54) is 6.26 Å². The first-order valence-corrected chi connectivity index (χ1v) is 9.52. The number of benzene rings is 1. The van der Waals surface area contributed by atoms with Gasteiger partial charge in [0.05, 0.1) is 12.8 Å². The number of nitrogens with one attached hydrogen (secondary N) is 2. The van der Waals surface area contributed by atoms with E-state index in [1.54, 1.807) is 40.5 Å². The Morgan fingerprint density at radius 1 is 1.11 bits per heavy atom. The Bertz CT molecular complexity index is 859. The molecule has 0 saturated heterocycles. The molecule has 0 radical (unpaired) electrons. The van der Waals surface area contributed by atoms with E-state index in [1.807, 2.05) is 36.6 Å². The van der Waals surface area contributed by atoms with Crippen LogP contribution in [0.2, 0.25) is 0 Å². The fourth-order valence-corrected chi connectivity index (χ4v) is 3.23. The maximum Gasteiger partial charge on any atom is 0.317 e. The van der Waals surface area contributed by atoms with Crippen molar-refractivity contribution < 1.29 is 14.0 Å². The molecular formula is C20H21N3O3S. The summed E-state index contributed by atoms with van der Waals surface area (Å²) in [6, 6.07) is 14.5. The molecule has 0 aliphatic rings. The van der Waals surface area contributed by atoms with Gasteiger partial charge < -0.3 is 20.0 Å². The minimum Gasteiger partial charge on any atom is -0.459 e. The first kappa shape index (κ1) is 18.7. The molecule has 3 rings (SSSR count). The highest BCUT2D eigenvalue weighted by Crippen LogP contribution is 2.13. The average molecular weight is 383 g/mol. The van der Waals surface area contributed by atoms with Crippen LogP contribution in [0, 0.1) is 0 Å². The lowest BCUT2D eigenvalue weighted by Crippen LogP contribution is -2.38. The van der Waals surface area contributed by atoms with E-state index in [2.05, 4.69) is 10.6 Å². The van der Waals surface area contributed by atoms with Gasteiger partial charge in [-0.25, -0.2) is 4.79 Å².